The van der Waals surface area contributed by atoms with E-state index in [4.69, 9.17) is 9.47 Å². The van der Waals surface area contributed by atoms with Gasteiger partial charge in [0.15, 0.2) is 0 Å². The molecule has 0 saturated carbocycles. The Kier molecular flexibility index (Phi) is 5.91. The van der Waals surface area contributed by atoms with E-state index in [1.54, 1.807) is 39.0 Å². The summed E-state index contributed by atoms with van der Waals surface area (Å²) in [5.74, 6) is -2.37. The third kappa shape index (κ3) is 3.96. The first-order valence-electron chi connectivity index (χ1n) is 8.62. The third-order valence-electron chi connectivity index (χ3n) is 4.41. The van der Waals surface area contributed by atoms with Gasteiger partial charge in [-0.25, -0.2) is 14.5 Å². The molecule has 148 valence electrons. The smallest absolute Gasteiger partial charge is 0.417 e. The molecule has 0 radical (unpaired) electrons. The normalized spacial score (nSPS) is 21.9. The van der Waals surface area contributed by atoms with Crippen molar-refractivity contribution >= 4 is 18.0 Å². The molecule has 27 heavy (non-hydrogen) atoms. The fraction of sp³-hybridized carbons (Fsp3) is 0.526. The molecule has 8 heteroatoms. The van der Waals surface area contributed by atoms with Gasteiger partial charge in [-0.05, 0) is 39.8 Å². The van der Waals surface area contributed by atoms with Crippen molar-refractivity contribution in [1.29, 1.82) is 0 Å². The molecule has 8 nitrogen and oxygen atoms in total. The van der Waals surface area contributed by atoms with Gasteiger partial charge in [-0.2, -0.15) is 0 Å². The van der Waals surface area contributed by atoms with Crippen LogP contribution in [0.2, 0.25) is 0 Å². The molecule has 0 bridgehead atoms. The van der Waals surface area contributed by atoms with Gasteiger partial charge in [-0.15, -0.1) is 0 Å². The Hall–Kier alpha value is -2.45. The van der Waals surface area contributed by atoms with Crippen molar-refractivity contribution in [2.24, 2.45) is 5.92 Å². The van der Waals surface area contributed by atoms with E-state index >= 15 is 0 Å². The molecule has 1 aromatic rings. The summed E-state index contributed by atoms with van der Waals surface area (Å²) in [6.07, 6.45) is -2.25. The van der Waals surface area contributed by atoms with Crippen LogP contribution < -0.4 is 0 Å². The molecular formula is C19H25NO7. The van der Waals surface area contributed by atoms with Crippen molar-refractivity contribution < 1.29 is 34.1 Å². The minimum atomic E-state index is -1.82. The van der Waals surface area contributed by atoms with Crippen LogP contribution >= 0.6 is 0 Å². The predicted molar refractivity (Wildman–Crippen MR) is 94.8 cm³/mol. The van der Waals surface area contributed by atoms with Crippen LogP contribution in [0.25, 0.3) is 0 Å². The van der Waals surface area contributed by atoms with Gasteiger partial charge in [0.2, 0.25) is 5.91 Å². The van der Waals surface area contributed by atoms with Crippen molar-refractivity contribution in [3.8, 4) is 0 Å². The summed E-state index contributed by atoms with van der Waals surface area (Å²) >= 11 is 0. The standard InChI is InChI=1S/C19H25NO7/c1-12-14(26-16(24)13-8-6-5-7-9-13)19(10-21,11-22)20(15(12)23)17(25)27-18(2,3)4/h5-9,12,14,21-22H,10-11H2,1-4H3/t12-,14-/m1/s1. The number of aliphatic hydroxyl groups excluding tert-OH is 2. The van der Waals surface area contributed by atoms with Gasteiger partial charge in [0.05, 0.1) is 24.7 Å². The molecule has 2 atom stereocenters. The number of carbonyl (C=O) groups is 3. The number of nitrogens with zero attached hydrogens (tertiary/aromatic N) is 1. The second kappa shape index (κ2) is 7.66. The number of esters is 1. The summed E-state index contributed by atoms with van der Waals surface area (Å²) in [6, 6.07) is 8.11. The Morgan fingerprint density at radius 1 is 1.15 bits per heavy atom. The first kappa shape index (κ1) is 20.9. The number of benzene rings is 1. The van der Waals surface area contributed by atoms with E-state index < -0.39 is 54.3 Å². The van der Waals surface area contributed by atoms with Crippen molar-refractivity contribution in [2.45, 2.75) is 44.9 Å². The molecule has 0 aliphatic carbocycles. The van der Waals surface area contributed by atoms with E-state index in [0.29, 0.717) is 4.90 Å². The minimum Gasteiger partial charge on any atom is -0.455 e. The van der Waals surface area contributed by atoms with Crippen LogP contribution in [0.4, 0.5) is 4.79 Å². The Labute approximate surface area is 157 Å². The van der Waals surface area contributed by atoms with Gasteiger partial charge >= 0.3 is 12.1 Å². The zero-order valence-electron chi connectivity index (χ0n) is 15.8. The fourth-order valence-electron chi connectivity index (χ4n) is 3.07. The summed E-state index contributed by atoms with van der Waals surface area (Å²) in [7, 11) is 0. The van der Waals surface area contributed by atoms with E-state index in [-0.39, 0.29) is 5.56 Å². The van der Waals surface area contributed by atoms with Crippen LogP contribution in [-0.4, -0.2) is 63.5 Å². The molecule has 1 aromatic carbocycles. The quantitative estimate of drug-likeness (QED) is 0.759. The van der Waals surface area contributed by atoms with Crippen molar-refractivity contribution in [1.82, 2.24) is 4.90 Å². The molecule has 2 N–H and O–H groups in total. The highest BCUT2D eigenvalue weighted by Crippen LogP contribution is 2.38. The molecule has 1 aliphatic rings. The molecule has 2 amide bonds. The van der Waals surface area contributed by atoms with Crippen LogP contribution in [-0.2, 0) is 14.3 Å². The highest BCUT2D eigenvalue weighted by molar-refractivity contribution is 5.98. The van der Waals surface area contributed by atoms with Crippen LogP contribution in [0.5, 0.6) is 0 Å². The first-order chi connectivity index (χ1) is 12.6. The van der Waals surface area contributed by atoms with Crippen molar-refractivity contribution in [3.05, 3.63) is 35.9 Å². The Bertz CT molecular complexity index is 707. The summed E-state index contributed by atoms with van der Waals surface area (Å²) in [6.45, 7) is 4.77. The lowest BCUT2D eigenvalue weighted by Gasteiger charge is -2.37. The summed E-state index contributed by atoms with van der Waals surface area (Å²) < 4.78 is 10.7. The molecule has 0 spiro atoms. The second-order valence-electron chi connectivity index (χ2n) is 7.55. The van der Waals surface area contributed by atoms with Crippen LogP contribution in [0.15, 0.2) is 30.3 Å². The average Bonchev–Trinajstić information content (AvgIpc) is 2.82. The third-order valence-corrected chi connectivity index (χ3v) is 4.41. The lowest BCUT2D eigenvalue weighted by atomic mass is 9.90. The maximum Gasteiger partial charge on any atom is 0.417 e. The molecule has 1 saturated heterocycles. The van der Waals surface area contributed by atoms with E-state index in [0.717, 1.165) is 0 Å². The van der Waals surface area contributed by atoms with Gasteiger partial charge in [-0.3, -0.25) is 4.79 Å². The molecular weight excluding hydrogens is 354 g/mol. The summed E-state index contributed by atoms with van der Waals surface area (Å²) in [5.41, 5.74) is -2.46. The van der Waals surface area contributed by atoms with E-state index in [2.05, 4.69) is 0 Å². The number of carbonyl (C=O) groups excluding carboxylic acids is 3. The number of likely N-dealkylation sites (tertiary alicyclic amines) is 1. The van der Waals surface area contributed by atoms with Gasteiger partial charge in [0, 0.05) is 0 Å². The maximum absolute atomic E-state index is 12.7. The SMILES string of the molecule is C[C@H]1C(=O)N(C(=O)OC(C)(C)C)C(CO)(CO)[C@@H]1OC(=O)c1ccccc1. The molecule has 1 fully saturated rings. The number of aliphatic hydroxyl groups is 2. The molecule has 1 heterocycles. The monoisotopic (exact) mass is 379 g/mol. The van der Waals surface area contributed by atoms with Gasteiger partial charge < -0.3 is 19.7 Å². The van der Waals surface area contributed by atoms with Crippen LogP contribution in [0, 0.1) is 5.92 Å². The highest BCUT2D eigenvalue weighted by Gasteiger charge is 2.62. The number of hydrogen-bond acceptors (Lipinski definition) is 7. The van der Waals surface area contributed by atoms with E-state index in [1.807, 2.05) is 0 Å². The number of rotatable bonds is 4. The second-order valence-corrected chi connectivity index (χ2v) is 7.55. The van der Waals surface area contributed by atoms with Crippen LogP contribution in [0.3, 0.4) is 0 Å². The lowest BCUT2D eigenvalue weighted by Crippen LogP contribution is -2.60. The number of imide groups is 1. The van der Waals surface area contributed by atoms with E-state index in [1.165, 1.54) is 19.1 Å². The largest absolute Gasteiger partial charge is 0.455 e. The first-order valence-corrected chi connectivity index (χ1v) is 8.62. The van der Waals surface area contributed by atoms with Gasteiger partial charge in [0.25, 0.3) is 0 Å². The molecule has 0 aromatic heterocycles. The minimum absolute atomic E-state index is 0.248. The fourth-order valence-corrected chi connectivity index (χ4v) is 3.07. The van der Waals surface area contributed by atoms with Gasteiger partial charge in [0.1, 0.15) is 17.2 Å². The topological polar surface area (TPSA) is 113 Å². The Morgan fingerprint density at radius 2 is 1.70 bits per heavy atom. The van der Waals surface area contributed by atoms with Crippen LogP contribution in [0.1, 0.15) is 38.1 Å². The van der Waals surface area contributed by atoms with E-state index in [9.17, 15) is 24.6 Å². The highest BCUT2D eigenvalue weighted by atomic mass is 16.6. The molecule has 1 aliphatic heterocycles. The summed E-state index contributed by atoms with van der Waals surface area (Å²) in [5, 5.41) is 19.9. The Balaban J connectivity index is 2.38. The number of hydrogen-bond donors (Lipinski definition) is 2. The predicted octanol–water partition coefficient (Wildman–Crippen LogP) is 1.35. The van der Waals surface area contributed by atoms with Crippen molar-refractivity contribution in [3.63, 3.8) is 0 Å². The zero-order chi connectivity index (χ0) is 20.4. The lowest BCUT2D eigenvalue weighted by molar-refractivity contribution is -0.135. The molecule has 2 rings (SSSR count). The van der Waals surface area contributed by atoms with Crippen molar-refractivity contribution in [2.75, 3.05) is 13.2 Å². The molecule has 0 unspecified atom stereocenters. The zero-order valence-corrected chi connectivity index (χ0v) is 15.8. The van der Waals surface area contributed by atoms with Gasteiger partial charge in [-0.1, -0.05) is 18.2 Å². The average molecular weight is 379 g/mol. The number of ether oxygens (including phenoxy) is 2. The number of amides is 2. The maximum atomic E-state index is 12.7. The Morgan fingerprint density at radius 3 is 2.19 bits per heavy atom. The summed E-state index contributed by atoms with van der Waals surface area (Å²) in [4.78, 5) is 38.4.